The van der Waals surface area contributed by atoms with Gasteiger partial charge in [-0.25, -0.2) is 9.59 Å². The molecule has 0 aliphatic carbocycles. The van der Waals surface area contributed by atoms with Gasteiger partial charge >= 0.3 is 11.9 Å². The molecular weight excluding hydrogens is 725 g/mol. The van der Waals surface area contributed by atoms with Gasteiger partial charge in [0.05, 0.1) is 23.8 Å². The van der Waals surface area contributed by atoms with E-state index in [4.69, 9.17) is 9.47 Å². The molecule has 0 saturated heterocycles. The van der Waals surface area contributed by atoms with Gasteiger partial charge in [-0.15, -0.1) is 0 Å². The summed E-state index contributed by atoms with van der Waals surface area (Å²) in [4.78, 5) is 52.7. The van der Waals surface area contributed by atoms with Crippen molar-refractivity contribution in [3.05, 3.63) is 89.5 Å². The molecule has 0 aliphatic heterocycles. The van der Waals surface area contributed by atoms with Crippen LogP contribution in [0.3, 0.4) is 0 Å². The van der Waals surface area contributed by atoms with Crippen LogP contribution in [0, 0.1) is 0 Å². The number of unbranched alkanes of at least 4 members (excludes halogenated alkanes) is 15. The number of methoxy groups -OCH3 is 1. The van der Waals surface area contributed by atoms with E-state index in [1.807, 2.05) is 0 Å². The fourth-order valence-corrected chi connectivity index (χ4v) is 6.95. The van der Waals surface area contributed by atoms with Gasteiger partial charge in [0.15, 0.2) is 6.61 Å². The molecule has 11 heteroatoms. The van der Waals surface area contributed by atoms with Gasteiger partial charge in [0.25, 0.3) is 11.8 Å². The Labute approximate surface area is 336 Å². The number of amides is 2. The highest BCUT2D eigenvalue weighted by atomic mass is 16.5. The topological polar surface area (TPSA) is 163 Å². The number of phenolic OH excluding ortho intramolecular Hbond substituents is 1. The number of phenols is 1. The van der Waals surface area contributed by atoms with Crippen LogP contribution in [0.1, 0.15) is 141 Å². The summed E-state index contributed by atoms with van der Waals surface area (Å²) in [5.41, 5.74) is -0.112. The summed E-state index contributed by atoms with van der Waals surface area (Å²) in [6.07, 6.45) is 18.8. The summed E-state index contributed by atoms with van der Waals surface area (Å²) in [7, 11) is 1.55. The number of carboxylic acids is 2. The minimum absolute atomic E-state index is 0.0761. The predicted molar refractivity (Wildman–Crippen MR) is 224 cm³/mol. The first kappa shape index (κ1) is 44.1. The first-order valence-corrected chi connectivity index (χ1v) is 20.4. The summed E-state index contributed by atoms with van der Waals surface area (Å²) in [5, 5.41) is 34.6. The highest BCUT2D eigenvalue weighted by molar-refractivity contribution is 6.13. The number of carbonyl (C=O) groups is 4. The first-order chi connectivity index (χ1) is 27.6. The lowest BCUT2D eigenvalue weighted by Gasteiger charge is -2.25. The highest BCUT2D eigenvalue weighted by Gasteiger charge is 2.26. The van der Waals surface area contributed by atoms with Crippen LogP contribution in [0.25, 0.3) is 10.8 Å². The third kappa shape index (κ3) is 13.8. The summed E-state index contributed by atoms with van der Waals surface area (Å²) < 4.78 is 11.1. The Morgan fingerprint density at radius 1 is 0.649 bits per heavy atom. The number of carbonyl (C=O) groups excluding carboxylic acids is 2. The first-order valence-electron chi connectivity index (χ1n) is 20.4. The maximum Gasteiger partial charge on any atom is 0.335 e. The number of nitrogens with zero attached hydrogens (tertiary/aromatic N) is 1. The van der Waals surface area contributed by atoms with Gasteiger partial charge in [0.2, 0.25) is 0 Å². The van der Waals surface area contributed by atoms with Crippen molar-refractivity contribution in [3.8, 4) is 17.2 Å². The molecule has 0 unspecified atom stereocenters. The van der Waals surface area contributed by atoms with E-state index in [1.54, 1.807) is 55.6 Å². The molecule has 57 heavy (non-hydrogen) atoms. The second kappa shape index (κ2) is 23.5. The Bertz CT molecular complexity index is 1890. The quantitative estimate of drug-likeness (QED) is 0.0454. The van der Waals surface area contributed by atoms with Crippen LogP contribution in [0.4, 0.5) is 11.4 Å². The van der Waals surface area contributed by atoms with Crippen molar-refractivity contribution in [2.75, 3.05) is 30.5 Å². The van der Waals surface area contributed by atoms with Crippen LogP contribution >= 0.6 is 0 Å². The maximum absolute atomic E-state index is 14.5. The number of ether oxygens (including phenoxy) is 2. The van der Waals surface area contributed by atoms with Crippen molar-refractivity contribution in [1.82, 2.24) is 0 Å². The normalized spacial score (nSPS) is 11.0. The molecule has 0 heterocycles. The molecule has 11 nitrogen and oxygen atoms in total. The number of rotatable bonds is 26. The number of aromatic hydroxyl groups is 1. The van der Waals surface area contributed by atoms with E-state index in [0.717, 1.165) is 31.7 Å². The summed E-state index contributed by atoms with van der Waals surface area (Å²) in [6, 6.07) is 18.5. The fourth-order valence-electron chi connectivity index (χ4n) is 6.95. The maximum atomic E-state index is 14.5. The van der Waals surface area contributed by atoms with Crippen molar-refractivity contribution in [2.24, 2.45) is 0 Å². The second-order valence-corrected chi connectivity index (χ2v) is 14.5. The third-order valence-electron chi connectivity index (χ3n) is 10.1. The zero-order valence-electron chi connectivity index (χ0n) is 33.4. The fraction of sp³-hybridized carbons (Fsp3) is 0.435. The second-order valence-electron chi connectivity index (χ2n) is 14.5. The molecule has 0 fully saturated rings. The molecule has 4 N–H and O–H groups in total. The SMILES string of the molecule is CCCCCCCCCCCCCCCCCCN(C(=O)c1cc(OCC(=O)Nc2ccc(OC)cc2)c2ccccc2c1O)c1cc(C(=O)O)cc(C(=O)O)c1. The molecule has 0 radical (unpaired) electrons. The standard InChI is InChI=1S/C46H58N2O9/c1-3-4-5-6-7-8-9-10-11-12-13-14-15-16-17-20-27-48(36-29-33(45(52)53)28-34(30-36)46(54)55)44(51)40-31-41(38-21-18-19-22-39(38)43(40)50)57-32-42(49)47-35-23-25-37(56-2)26-24-35/h18-19,21-26,28-31,50H,3-17,20,27,32H2,1-2H3,(H,47,49)(H,52,53)(H,54,55). The largest absolute Gasteiger partial charge is 0.506 e. The summed E-state index contributed by atoms with van der Waals surface area (Å²) >= 11 is 0. The van der Waals surface area contributed by atoms with E-state index in [-0.39, 0.29) is 40.4 Å². The molecule has 0 aliphatic rings. The minimum Gasteiger partial charge on any atom is -0.506 e. The molecule has 0 aromatic heterocycles. The van der Waals surface area contributed by atoms with Gasteiger partial charge in [-0.2, -0.15) is 0 Å². The van der Waals surface area contributed by atoms with Crippen LogP contribution in [0.5, 0.6) is 17.2 Å². The van der Waals surface area contributed by atoms with Crippen LogP contribution in [0.2, 0.25) is 0 Å². The van der Waals surface area contributed by atoms with Crippen molar-refractivity contribution in [3.63, 3.8) is 0 Å². The monoisotopic (exact) mass is 782 g/mol. The van der Waals surface area contributed by atoms with Gasteiger partial charge in [-0.1, -0.05) is 128 Å². The number of carboxylic acid groups (broad SMARTS) is 2. The average Bonchev–Trinajstić information content (AvgIpc) is 3.21. The van der Waals surface area contributed by atoms with Crippen molar-refractivity contribution in [2.45, 2.75) is 110 Å². The number of anilines is 2. The number of hydrogen-bond acceptors (Lipinski definition) is 7. The molecule has 4 aromatic carbocycles. The Morgan fingerprint density at radius 2 is 1.16 bits per heavy atom. The lowest BCUT2D eigenvalue weighted by Crippen LogP contribution is -2.32. The molecule has 0 saturated carbocycles. The van der Waals surface area contributed by atoms with Gasteiger partial charge in [-0.05, 0) is 55.0 Å². The van der Waals surface area contributed by atoms with E-state index in [1.165, 1.54) is 93.7 Å². The number of benzene rings is 4. The Kier molecular flexibility index (Phi) is 18.2. The summed E-state index contributed by atoms with van der Waals surface area (Å²) in [5.74, 6) is -3.33. The number of hydrogen-bond donors (Lipinski definition) is 4. The van der Waals surface area contributed by atoms with Gasteiger partial charge in [0.1, 0.15) is 17.2 Å². The van der Waals surface area contributed by atoms with Crippen LogP contribution in [0.15, 0.2) is 72.8 Å². The van der Waals surface area contributed by atoms with E-state index in [9.17, 15) is 34.5 Å². The number of nitrogens with one attached hydrogen (secondary N) is 1. The smallest absolute Gasteiger partial charge is 0.335 e. The lowest BCUT2D eigenvalue weighted by atomic mass is 10.0. The van der Waals surface area contributed by atoms with Gasteiger partial charge in [-0.3, -0.25) is 9.59 Å². The Morgan fingerprint density at radius 3 is 1.67 bits per heavy atom. The molecule has 4 aromatic rings. The number of aromatic carboxylic acids is 2. The molecule has 0 bridgehead atoms. The van der Waals surface area contributed by atoms with E-state index in [0.29, 0.717) is 28.6 Å². The summed E-state index contributed by atoms with van der Waals surface area (Å²) in [6.45, 7) is 1.99. The minimum atomic E-state index is -1.34. The van der Waals surface area contributed by atoms with E-state index in [2.05, 4.69) is 12.2 Å². The Hall–Kier alpha value is -5.58. The van der Waals surface area contributed by atoms with Crippen LogP contribution in [-0.4, -0.2) is 59.3 Å². The zero-order valence-corrected chi connectivity index (χ0v) is 33.4. The van der Waals surface area contributed by atoms with Crippen molar-refractivity contribution < 1.29 is 44.0 Å². The van der Waals surface area contributed by atoms with E-state index >= 15 is 0 Å². The molecule has 306 valence electrons. The average molecular weight is 783 g/mol. The lowest BCUT2D eigenvalue weighted by molar-refractivity contribution is -0.118. The number of fused-ring (bicyclic) bond motifs is 1. The Balaban J connectivity index is 1.45. The predicted octanol–water partition coefficient (Wildman–Crippen LogP) is 10.9. The molecular formula is C46H58N2O9. The van der Waals surface area contributed by atoms with Crippen LogP contribution < -0.4 is 19.7 Å². The molecule has 0 atom stereocenters. The van der Waals surface area contributed by atoms with E-state index < -0.39 is 30.4 Å². The van der Waals surface area contributed by atoms with Crippen molar-refractivity contribution >= 4 is 45.9 Å². The molecule has 4 rings (SSSR count). The zero-order chi connectivity index (χ0) is 41.0. The third-order valence-corrected chi connectivity index (χ3v) is 10.1. The molecule has 2 amide bonds. The highest BCUT2D eigenvalue weighted by Crippen LogP contribution is 2.38. The van der Waals surface area contributed by atoms with Crippen molar-refractivity contribution in [1.29, 1.82) is 0 Å². The molecule has 0 spiro atoms. The van der Waals surface area contributed by atoms with Crippen LogP contribution in [-0.2, 0) is 4.79 Å². The van der Waals surface area contributed by atoms with Gasteiger partial charge < -0.3 is 35.0 Å². The van der Waals surface area contributed by atoms with Gasteiger partial charge in [0, 0.05) is 28.7 Å².